The maximum absolute atomic E-state index is 11.0. The molecule has 28 heavy (non-hydrogen) atoms. The highest BCUT2D eigenvalue weighted by Crippen LogP contribution is 2.51. The number of aliphatic hydroxyl groups is 1. The minimum Gasteiger partial charge on any atom is -0.480 e. The van der Waals surface area contributed by atoms with E-state index in [0.29, 0.717) is 21.2 Å². The Morgan fingerprint density at radius 3 is 2.93 bits per heavy atom. The van der Waals surface area contributed by atoms with Crippen molar-refractivity contribution in [3.63, 3.8) is 0 Å². The molecule has 1 saturated carbocycles. The number of aliphatic carboxylic acids is 1. The zero-order valence-electron chi connectivity index (χ0n) is 15.6. The van der Waals surface area contributed by atoms with Crippen LogP contribution >= 0.6 is 24.0 Å². The van der Waals surface area contributed by atoms with E-state index in [1.54, 1.807) is 0 Å². The summed E-state index contributed by atoms with van der Waals surface area (Å²) in [7, 11) is 0. The lowest BCUT2D eigenvalue weighted by Gasteiger charge is -2.36. The van der Waals surface area contributed by atoms with E-state index in [2.05, 4.69) is 17.0 Å². The fourth-order valence-electron chi connectivity index (χ4n) is 5.41. The van der Waals surface area contributed by atoms with Gasteiger partial charge in [-0.05, 0) is 60.6 Å². The summed E-state index contributed by atoms with van der Waals surface area (Å²) in [6.07, 6.45) is 8.52. The smallest absolute Gasteiger partial charge is 0.323 e. The van der Waals surface area contributed by atoms with Crippen LogP contribution in [0.5, 0.6) is 0 Å². The van der Waals surface area contributed by atoms with Gasteiger partial charge >= 0.3 is 5.97 Å². The molecule has 1 aromatic rings. The van der Waals surface area contributed by atoms with E-state index >= 15 is 0 Å². The molecule has 3 atom stereocenters. The van der Waals surface area contributed by atoms with Crippen LogP contribution in [0.1, 0.15) is 54.7 Å². The van der Waals surface area contributed by atoms with Gasteiger partial charge in [-0.3, -0.25) is 4.79 Å². The van der Waals surface area contributed by atoms with Gasteiger partial charge < -0.3 is 20.0 Å². The predicted octanol–water partition coefficient (Wildman–Crippen LogP) is 3.56. The largest absolute Gasteiger partial charge is 0.480 e. The summed E-state index contributed by atoms with van der Waals surface area (Å²) in [6, 6.07) is 5.22. The maximum atomic E-state index is 11.0. The summed E-state index contributed by atoms with van der Waals surface area (Å²) in [5.41, 5.74) is 5.49. The molecule has 0 spiro atoms. The molecule has 148 valence electrons. The topological polar surface area (TPSA) is 64.0 Å². The third-order valence-electron chi connectivity index (χ3n) is 6.51. The summed E-state index contributed by atoms with van der Waals surface area (Å²) in [4.78, 5) is 15.8. The van der Waals surface area contributed by atoms with Gasteiger partial charge in [0.25, 0.3) is 0 Å². The minimum atomic E-state index is -0.992. The molecule has 4 aliphatic rings. The van der Waals surface area contributed by atoms with E-state index in [-0.39, 0.29) is 6.54 Å². The summed E-state index contributed by atoms with van der Waals surface area (Å²) < 4.78 is 0.419. The molecule has 2 N–H and O–H groups in total. The number of benzene rings is 1. The number of hydrogen-bond donors (Lipinski definition) is 2. The van der Waals surface area contributed by atoms with Crippen LogP contribution in [-0.4, -0.2) is 50.8 Å². The first-order valence-corrected chi connectivity index (χ1v) is 11.3. The number of anilines is 1. The molecule has 1 aliphatic carbocycles. The highest BCUT2D eigenvalue weighted by atomic mass is 32.2. The fraction of sp³-hybridized carbons (Fsp3) is 0.524. The number of thioether (sulfide) groups is 1. The Bertz CT molecular complexity index is 885. The lowest BCUT2D eigenvalue weighted by Crippen LogP contribution is -2.38. The lowest BCUT2D eigenvalue weighted by molar-refractivity contribution is -0.138. The number of fused-ring (bicyclic) bond motifs is 3. The fourth-order valence-corrected chi connectivity index (χ4v) is 6.78. The Hall–Kier alpha value is -1.57. The van der Waals surface area contributed by atoms with Crippen LogP contribution < -0.4 is 4.90 Å². The molecular weight excluding hydrogens is 392 g/mol. The molecule has 7 heteroatoms. The Kier molecular flexibility index (Phi) is 4.64. The number of carboxylic acid groups (broad SMARTS) is 1. The number of carbonyl (C=O) groups is 1. The molecule has 5 nitrogen and oxygen atoms in total. The van der Waals surface area contributed by atoms with E-state index in [0.717, 1.165) is 12.0 Å². The van der Waals surface area contributed by atoms with E-state index < -0.39 is 12.2 Å². The van der Waals surface area contributed by atoms with Gasteiger partial charge in [-0.2, -0.15) is 0 Å². The zero-order chi connectivity index (χ0) is 19.4. The normalized spacial score (nSPS) is 30.0. The van der Waals surface area contributed by atoms with Crippen molar-refractivity contribution in [2.45, 2.75) is 56.7 Å². The van der Waals surface area contributed by atoms with Gasteiger partial charge in [0, 0.05) is 29.1 Å². The van der Waals surface area contributed by atoms with Crippen LogP contribution in [0.15, 0.2) is 17.0 Å². The second kappa shape index (κ2) is 7.04. The van der Waals surface area contributed by atoms with E-state index in [4.69, 9.17) is 17.3 Å². The molecule has 3 heterocycles. The predicted molar refractivity (Wildman–Crippen MR) is 116 cm³/mol. The van der Waals surface area contributed by atoms with Crippen LogP contribution in [0.25, 0.3) is 6.08 Å². The van der Waals surface area contributed by atoms with Crippen molar-refractivity contribution in [2.24, 2.45) is 0 Å². The first-order valence-electron chi connectivity index (χ1n) is 10.1. The van der Waals surface area contributed by atoms with Crippen molar-refractivity contribution in [3.05, 3.63) is 33.7 Å². The van der Waals surface area contributed by atoms with E-state index in [1.165, 1.54) is 72.1 Å². The Labute approximate surface area is 174 Å². The van der Waals surface area contributed by atoms with Crippen LogP contribution in [-0.2, 0) is 11.2 Å². The summed E-state index contributed by atoms with van der Waals surface area (Å²) in [5, 5.41) is 19.6. The standard InChI is InChI=1S/C21H24N2O3S2/c24-18(25)11-23-20(26)17(28-21(23)27)10-12-8-13-4-3-7-22-16-6-2-1-5-14(16)15(9-12)19(13)22/h8-10,14,16,20,26H,1-7,11H2,(H,24,25)/b17-10-. The summed E-state index contributed by atoms with van der Waals surface area (Å²) in [5.74, 6) is -0.363. The van der Waals surface area contributed by atoms with Gasteiger partial charge in [0.2, 0.25) is 0 Å². The van der Waals surface area contributed by atoms with Crippen LogP contribution in [0, 0.1) is 0 Å². The van der Waals surface area contributed by atoms with Crippen molar-refractivity contribution < 1.29 is 15.0 Å². The number of hydrogen-bond acceptors (Lipinski definition) is 5. The Balaban J connectivity index is 1.51. The third kappa shape index (κ3) is 2.95. The molecule has 1 aromatic carbocycles. The molecule has 0 radical (unpaired) electrons. The van der Waals surface area contributed by atoms with Crippen LogP contribution in [0.3, 0.4) is 0 Å². The van der Waals surface area contributed by atoms with Crippen LogP contribution in [0.2, 0.25) is 0 Å². The minimum absolute atomic E-state index is 0.279. The first kappa shape index (κ1) is 18.5. The summed E-state index contributed by atoms with van der Waals surface area (Å²) >= 11 is 6.57. The van der Waals surface area contributed by atoms with Crippen molar-refractivity contribution in [2.75, 3.05) is 18.0 Å². The number of thiocarbonyl (C=S) groups is 1. The molecule has 5 rings (SSSR count). The van der Waals surface area contributed by atoms with E-state index in [9.17, 15) is 9.90 Å². The molecule has 1 saturated heterocycles. The molecule has 0 aromatic heterocycles. The average Bonchev–Trinajstić information content (AvgIpc) is 3.13. The van der Waals surface area contributed by atoms with Gasteiger partial charge in [-0.1, -0.05) is 36.8 Å². The van der Waals surface area contributed by atoms with Crippen LogP contribution in [0.4, 0.5) is 5.69 Å². The highest BCUT2D eigenvalue weighted by Gasteiger charge is 2.42. The van der Waals surface area contributed by atoms with E-state index in [1.807, 2.05) is 6.08 Å². The second-order valence-electron chi connectivity index (χ2n) is 8.18. The zero-order valence-corrected chi connectivity index (χ0v) is 17.3. The number of rotatable bonds is 3. The number of carboxylic acids is 1. The second-order valence-corrected chi connectivity index (χ2v) is 9.89. The number of aryl methyl sites for hydroxylation is 1. The van der Waals surface area contributed by atoms with Crippen molar-refractivity contribution in [3.8, 4) is 0 Å². The van der Waals surface area contributed by atoms with Gasteiger partial charge in [0.05, 0.1) is 0 Å². The molecule has 0 amide bonds. The Morgan fingerprint density at radius 2 is 2.11 bits per heavy atom. The SMILES string of the molecule is O=C(O)CN1C(=S)S/C(=C\c2cc3c4c(c2)C2CCCCC2N4CCC3)C1O. The lowest BCUT2D eigenvalue weighted by atomic mass is 9.82. The van der Waals surface area contributed by atoms with Gasteiger partial charge in [0.15, 0.2) is 6.23 Å². The number of nitrogens with zero attached hydrogens (tertiary/aromatic N) is 2. The first-order chi connectivity index (χ1) is 13.5. The molecule has 0 bridgehead atoms. The van der Waals surface area contributed by atoms with Crippen molar-refractivity contribution in [1.29, 1.82) is 0 Å². The molecule has 2 fully saturated rings. The molecular formula is C21H24N2O3S2. The third-order valence-corrected chi connectivity index (χ3v) is 7.96. The van der Waals surface area contributed by atoms with Crippen molar-refractivity contribution >= 4 is 46.0 Å². The quantitative estimate of drug-likeness (QED) is 0.731. The number of aliphatic hydroxyl groups excluding tert-OH is 1. The van der Waals surface area contributed by atoms with Crippen molar-refractivity contribution in [1.82, 2.24) is 4.90 Å². The van der Waals surface area contributed by atoms with Gasteiger partial charge in [0.1, 0.15) is 10.9 Å². The monoisotopic (exact) mass is 416 g/mol. The maximum Gasteiger partial charge on any atom is 0.323 e. The molecule has 3 aliphatic heterocycles. The highest BCUT2D eigenvalue weighted by molar-refractivity contribution is 8.25. The average molecular weight is 417 g/mol. The van der Waals surface area contributed by atoms with Gasteiger partial charge in [-0.25, -0.2) is 0 Å². The summed E-state index contributed by atoms with van der Waals surface area (Å²) in [6.45, 7) is 0.896. The Morgan fingerprint density at radius 1 is 1.29 bits per heavy atom. The molecule has 3 unspecified atom stereocenters. The van der Waals surface area contributed by atoms with Gasteiger partial charge in [-0.15, -0.1) is 0 Å².